The zero-order valence-electron chi connectivity index (χ0n) is 8.40. The molecule has 0 radical (unpaired) electrons. The van der Waals surface area contributed by atoms with E-state index in [0.717, 1.165) is 17.7 Å². The Labute approximate surface area is 82.5 Å². The molecule has 0 aliphatic heterocycles. The fourth-order valence-corrected chi connectivity index (χ4v) is 2.20. The van der Waals surface area contributed by atoms with Gasteiger partial charge in [0, 0.05) is 13.2 Å². The second kappa shape index (κ2) is 3.12. The fourth-order valence-electron chi connectivity index (χ4n) is 2.20. The molecular weight excluding hydrogens is 180 g/mol. The first-order chi connectivity index (χ1) is 6.58. The molecule has 1 aromatic heterocycles. The van der Waals surface area contributed by atoms with E-state index in [0.29, 0.717) is 12.3 Å². The van der Waals surface area contributed by atoms with Crippen LogP contribution in [0.25, 0.3) is 0 Å². The molecule has 4 nitrogen and oxygen atoms in total. The highest BCUT2D eigenvalue weighted by molar-refractivity contribution is 5.76. The van der Waals surface area contributed by atoms with E-state index in [4.69, 9.17) is 5.11 Å². The third-order valence-electron chi connectivity index (χ3n) is 2.77. The number of aryl methyl sites for hydroxylation is 1. The summed E-state index contributed by atoms with van der Waals surface area (Å²) in [5.41, 5.74) is 1.86. The van der Waals surface area contributed by atoms with E-state index in [1.807, 2.05) is 13.2 Å². The van der Waals surface area contributed by atoms with E-state index >= 15 is 0 Å². The smallest absolute Gasteiger partial charge is 0.312 e. The van der Waals surface area contributed by atoms with E-state index in [9.17, 15) is 4.79 Å². The van der Waals surface area contributed by atoms with Crippen molar-refractivity contribution in [1.29, 1.82) is 0 Å². The Bertz CT molecular complexity index is 370. The highest BCUT2D eigenvalue weighted by Gasteiger charge is 2.32. The van der Waals surface area contributed by atoms with Gasteiger partial charge < -0.3 is 5.11 Å². The number of nitrogens with zero attached hydrogens (tertiary/aromatic N) is 2. The van der Waals surface area contributed by atoms with Gasteiger partial charge in [-0.15, -0.1) is 0 Å². The average molecular weight is 194 g/mol. The van der Waals surface area contributed by atoms with Crippen LogP contribution in [-0.4, -0.2) is 20.9 Å². The fraction of sp³-hybridized carbons (Fsp3) is 0.600. The van der Waals surface area contributed by atoms with Crippen molar-refractivity contribution in [3.63, 3.8) is 0 Å². The van der Waals surface area contributed by atoms with Crippen molar-refractivity contribution in [1.82, 2.24) is 9.78 Å². The predicted octanol–water partition coefficient (Wildman–Crippen LogP) is 1.17. The van der Waals surface area contributed by atoms with Gasteiger partial charge >= 0.3 is 5.97 Å². The quantitative estimate of drug-likeness (QED) is 0.730. The topological polar surface area (TPSA) is 55.1 Å². The Morgan fingerprint density at radius 2 is 2.43 bits per heavy atom. The molecule has 1 heterocycles. The van der Waals surface area contributed by atoms with Crippen molar-refractivity contribution >= 4 is 5.97 Å². The third-order valence-corrected chi connectivity index (χ3v) is 2.77. The molecule has 0 fully saturated rings. The Kier molecular flexibility index (Phi) is 2.06. The number of aromatic nitrogens is 2. The lowest BCUT2D eigenvalue weighted by atomic mass is 9.81. The van der Waals surface area contributed by atoms with Crippen LogP contribution in [0.3, 0.4) is 0 Å². The molecule has 0 saturated heterocycles. The summed E-state index contributed by atoms with van der Waals surface area (Å²) in [5, 5.41) is 13.3. The number of rotatable bonds is 1. The molecule has 1 aliphatic carbocycles. The van der Waals surface area contributed by atoms with Gasteiger partial charge in [-0.3, -0.25) is 9.48 Å². The number of fused-ring (bicyclic) bond motifs is 1. The van der Waals surface area contributed by atoms with E-state index < -0.39 is 11.9 Å². The molecule has 0 amide bonds. The number of carboxylic acids is 1. The summed E-state index contributed by atoms with van der Waals surface area (Å²) < 4.78 is 1.71. The first-order valence-electron chi connectivity index (χ1n) is 4.83. The van der Waals surface area contributed by atoms with Crippen LogP contribution in [0.15, 0.2) is 6.20 Å². The molecule has 14 heavy (non-hydrogen) atoms. The van der Waals surface area contributed by atoms with Gasteiger partial charge in [0.2, 0.25) is 0 Å². The molecule has 2 rings (SSSR count). The van der Waals surface area contributed by atoms with Gasteiger partial charge in [-0.1, -0.05) is 6.92 Å². The molecule has 0 saturated carbocycles. The summed E-state index contributed by atoms with van der Waals surface area (Å²) in [4.78, 5) is 11.0. The predicted molar refractivity (Wildman–Crippen MR) is 51.1 cm³/mol. The monoisotopic (exact) mass is 194 g/mol. The molecule has 1 aliphatic rings. The second-order valence-electron chi connectivity index (χ2n) is 4.15. The van der Waals surface area contributed by atoms with Crippen LogP contribution in [-0.2, 0) is 18.3 Å². The highest BCUT2D eigenvalue weighted by Crippen LogP contribution is 2.33. The lowest BCUT2D eigenvalue weighted by molar-refractivity contribution is -0.139. The summed E-state index contributed by atoms with van der Waals surface area (Å²) in [5.74, 6) is -0.723. The molecule has 2 atom stereocenters. The van der Waals surface area contributed by atoms with Crippen LogP contribution in [0.2, 0.25) is 0 Å². The largest absolute Gasteiger partial charge is 0.481 e. The number of aliphatic carboxylic acids is 1. The minimum atomic E-state index is -0.753. The Hall–Kier alpha value is -1.32. The van der Waals surface area contributed by atoms with Gasteiger partial charge in [-0.05, 0) is 24.3 Å². The number of hydrogen-bond donors (Lipinski definition) is 1. The highest BCUT2D eigenvalue weighted by atomic mass is 16.4. The van der Waals surface area contributed by atoms with Crippen molar-refractivity contribution in [2.45, 2.75) is 25.7 Å². The lowest BCUT2D eigenvalue weighted by Crippen LogP contribution is -2.22. The normalized spacial score (nSPS) is 25.9. The Morgan fingerprint density at radius 3 is 3.07 bits per heavy atom. The number of hydrogen-bond acceptors (Lipinski definition) is 2. The lowest BCUT2D eigenvalue weighted by Gasteiger charge is -2.22. The van der Waals surface area contributed by atoms with Crippen LogP contribution in [0.5, 0.6) is 0 Å². The SMILES string of the molecule is CC1Cc2cn(C)nc2C(C(=O)O)C1. The maximum atomic E-state index is 11.0. The van der Waals surface area contributed by atoms with E-state index in [1.165, 1.54) is 0 Å². The van der Waals surface area contributed by atoms with Crippen LogP contribution < -0.4 is 0 Å². The van der Waals surface area contributed by atoms with Crippen molar-refractivity contribution in [2.24, 2.45) is 13.0 Å². The minimum absolute atomic E-state index is 0.407. The van der Waals surface area contributed by atoms with Crippen LogP contribution in [0, 0.1) is 5.92 Å². The molecule has 0 bridgehead atoms. The van der Waals surface area contributed by atoms with Crippen molar-refractivity contribution in [3.05, 3.63) is 17.5 Å². The van der Waals surface area contributed by atoms with Crippen LogP contribution in [0.4, 0.5) is 0 Å². The molecule has 1 N–H and O–H groups in total. The van der Waals surface area contributed by atoms with Gasteiger partial charge in [0.25, 0.3) is 0 Å². The maximum absolute atomic E-state index is 11.0. The average Bonchev–Trinajstić information content (AvgIpc) is 2.42. The summed E-state index contributed by atoms with van der Waals surface area (Å²) >= 11 is 0. The van der Waals surface area contributed by atoms with Crippen LogP contribution in [0.1, 0.15) is 30.5 Å². The van der Waals surface area contributed by atoms with Crippen molar-refractivity contribution < 1.29 is 9.90 Å². The summed E-state index contributed by atoms with van der Waals surface area (Å²) in [6.45, 7) is 2.09. The first-order valence-corrected chi connectivity index (χ1v) is 4.83. The van der Waals surface area contributed by atoms with Gasteiger partial charge in [0.05, 0.1) is 5.69 Å². The van der Waals surface area contributed by atoms with Gasteiger partial charge in [-0.2, -0.15) is 5.10 Å². The molecular formula is C10H14N2O2. The van der Waals surface area contributed by atoms with E-state index in [-0.39, 0.29) is 0 Å². The third kappa shape index (κ3) is 1.41. The Morgan fingerprint density at radius 1 is 1.71 bits per heavy atom. The molecule has 0 spiro atoms. The number of carboxylic acid groups (broad SMARTS) is 1. The standard InChI is InChI=1S/C10H14N2O2/c1-6-3-7-5-12(2)11-9(7)8(4-6)10(13)14/h5-6,8H,3-4H2,1-2H3,(H,13,14). The zero-order valence-corrected chi connectivity index (χ0v) is 8.40. The molecule has 2 unspecified atom stereocenters. The molecule has 4 heteroatoms. The summed E-state index contributed by atoms with van der Waals surface area (Å²) in [6, 6.07) is 0. The summed E-state index contributed by atoms with van der Waals surface area (Å²) in [6.07, 6.45) is 3.59. The second-order valence-corrected chi connectivity index (χ2v) is 4.15. The van der Waals surface area contributed by atoms with E-state index in [2.05, 4.69) is 12.0 Å². The minimum Gasteiger partial charge on any atom is -0.481 e. The maximum Gasteiger partial charge on any atom is 0.312 e. The van der Waals surface area contributed by atoms with Gasteiger partial charge in [0.15, 0.2) is 0 Å². The van der Waals surface area contributed by atoms with Crippen molar-refractivity contribution in [3.8, 4) is 0 Å². The number of carbonyl (C=O) groups is 1. The van der Waals surface area contributed by atoms with E-state index in [1.54, 1.807) is 4.68 Å². The molecule has 76 valence electrons. The van der Waals surface area contributed by atoms with Gasteiger partial charge in [-0.25, -0.2) is 0 Å². The zero-order chi connectivity index (χ0) is 10.3. The summed E-state index contributed by atoms with van der Waals surface area (Å²) in [7, 11) is 1.84. The van der Waals surface area contributed by atoms with Crippen LogP contribution >= 0.6 is 0 Å². The Balaban J connectivity index is 2.42. The first kappa shape index (κ1) is 9.24. The molecule has 1 aromatic rings. The molecule has 0 aromatic carbocycles. The van der Waals surface area contributed by atoms with Crippen molar-refractivity contribution in [2.75, 3.05) is 0 Å². The van der Waals surface area contributed by atoms with Gasteiger partial charge in [0.1, 0.15) is 5.92 Å².